The van der Waals surface area contributed by atoms with E-state index in [0.717, 1.165) is 0 Å². The zero-order valence-corrected chi connectivity index (χ0v) is 20.8. The summed E-state index contributed by atoms with van der Waals surface area (Å²) in [5.41, 5.74) is 0. The van der Waals surface area contributed by atoms with Crippen molar-refractivity contribution in [3.8, 4) is 0 Å². The minimum atomic E-state index is -0.706. The molecule has 0 saturated carbocycles. The maximum atomic E-state index is 12.7. The third-order valence-corrected chi connectivity index (χ3v) is 6.71. The van der Waals surface area contributed by atoms with Crippen molar-refractivity contribution >= 4 is 35.8 Å². The lowest BCUT2D eigenvalue weighted by atomic mass is 10.1. The maximum absolute atomic E-state index is 12.7. The number of urea groups is 2. The second-order valence-electron chi connectivity index (χ2n) is 9.13. The smallest absolute Gasteiger partial charge is 0.327 e. The number of cyclic esters (lactones) is 2. The van der Waals surface area contributed by atoms with Gasteiger partial charge in [-0.15, -0.1) is 0 Å². The molecule has 198 valence electrons. The van der Waals surface area contributed by atoms with Gasteiger partial charge in [0.05, 0.1) is 0 Å². The Labute approximate surface area is 210 Å². The van der Waals surface area contributed by atoms with Crippen molar-refractivity contribution in [2.24, 2.45) is 0 Å². The summed E-state index contributed by atoms with van der Waals surface area (Å²) in [6.45, 7) is 0.511. The lowest BCUT2D eigenvalue weighted by Gasteiger charge is -2.15. The Hall–Kier alpha value is -3.44. The number of esters is 2. The molecule has 0 unspecified atom stereocenters. The van der Waals surface area contributed by atoms with Crippen LogP contribution in [0, 0.1) is 0 Å². The van der Waals surface area contributed by atoms with E-state index >= 15 is 0 Å². The minimum Gasteiger partial charge on any atom is -0.461 e. The molecule has 0 N–H and O–H groups in total. The molecule has 6 amide bonds. The van der Waals surface area contributed by atoms with Crippen LogP contribution in [-0.4, -0.2) is 108 Å². The topological polar surface area (TPSA) is 134 Å². The molecule has 2 saturated heterocycles. The number of ether oxygens (including phenoxy) is 2. The average Bonchev–Trinajstić information content (AvgIpc) is 3.17. The van der Waals surface area contributed by atoms with Crippen LogP contribution in [0.5, 0.6) is 0 Å². The number of fused-ring (bicyclic) bond motifs is 4. The third kappa shape index (κ3) is 6.41. The number of hydrogen-bond acceptors (Lipinski definition) is 8. The zero-order valence-electron chi connectivity index (χ0n) is 20.8. The Morgan fingerprint density at radius 3 is 1.42 bits per heavy atom. The quantitative estimate of drug-likeness (QED) is 0.273. The summed E-state index contributed by atoms with van der Waals surface area (Å²) in [6, 6.07) is -2.18. The van der Waals surface area contributed by atoms with Crippen molar-refractivity contribution in [2.75, 3.05) is 40.4 Å². The van der Waals surface area contributed by atoms with Crippen LogP contribution in [-0.2, 0) is 28.7 Å². The van der Waals surface area contributed by atoms with E-state index < -0.39 is 24.0 Å². The Kier molecular flexibility index (Phi) is 9.43. The van der Waals surface area contributed by atoms with E-state index in [-0.39, 0.29) is 75.9 Å². The van der Waals surface area contributed by atoms with Crippen molar-refractivity contribution in [3.05, 3.63) is 12.2 Å². The fourth-order valence-corrected chi connectivity index (χ4v) is 4.54. The molecule has 0 aromatic carbocycles. The van der Waals surface area contributed by atoms with Crippen molar-refractivity contribution in [3.63, 3.8) is 0 Å². The van der Waals surface area contributed by atoms with Gasteiger partial charge in [-0.2, -0.15) is 0 Å². The molecule has 12 heteroatoms. The molecule has 3 aliphatic rings. The minimum absolute atomic E-state index is 0.00571. The highest BCUT2D eigenvalue weighted by molar-refractivity contribution is 6.04. The number of carbonyl (C=O) groups is 6. The van der Waals surface area contributed by atoms with Crippen molar-refractivity contribution < 1.29 is 38.2 Å². The molecule has 0 aliphatic carbocycles. The van der Waals surface area contributed by atoms with Crippen molar-refractivity contribution in [1.29, 1.82) is 0 Å². The molecule has 2 fully saturated rings. The molecule has 0 spiro atoms. The van der Waals surface area contributed by atoms with Gasteiger partial charge < -0.3 is 19.3 Å². The van der Waals surface area contributed by atoms with Crippen molar-refractivity contribution in [2.45, 2.75) is 63.5 Å². The van der Waals surface area contributed by atoms with Crippen LogP contribution in [0.4, 0.5) is 9.59 Å². The molecule has 2 atom stereocenters. The Morgan fingerprint density at radius 1 is 0.639 bits per heavy atom. The summed E-state index contributed by atoms with van der Waals surface area (Å²) >= 11 is 0. The summed E-state index contributed by atoms with van der Waals surface area (Å²) in [6.07, 6.45) is 6.02. The number of imide groups is 2. The van der Waals surface area contributed by atoms with Gasteiger partial charge in [0.1, 0.15) is 25.3 Å². The number of rotatable bonds is 0. The third-order valence-electron chi connectivity index (χ3n) is 6.71. The van der Waals surface area contributed by atoms with E-state index in [1.54, 1.807) is 14.1 Å². The molecule has 12 nitrogen and oxygen atoms in total. The molecule has 3 rings (SSSR count). The zero-order chi connectivity index (χ0) is 26.2. The van der Waals surface area contributed by atoms with Gasteiger partial charge >= 0.3 is 24.0 Å². The first-order valence-corrected chi connectivity index (χ1v) is 12.3. The van der Waals surface area contributed by atoms with Gasteiger partial charge in [0.2, 0.25) is 0 Å². The number of carbonyl (C=O) groups excluding carboxylic acids is 6. The van der Waals surface area contributed by atoms with E-state index in [0.29, 0.717) is 25.7 Å². The summed E-state index contributed by atoms with van der Waals surface area (Å²) < 4.78 is 10.2. The van der Waals surface area contributed by atoms with Gasteiger partial charge in [-0.1, -0.05) is 12.8 Å². The molecule has 0 aromatic rings. The second kappa shape index (κ2) is 12.5. The molecule has 3 heterocycles. The Bertz CT molecular complexity index is 848. The largest absolute Gasteiger partial charge is 0.461 e. The summed E-state index contributed by atoms with van der Waals surface area (Å²) in [5.74, 6) is -1.64. The van der Waals surface area contributed by atoms with Crippen LogP contribution in [0.25, 0.3) is 0 Å². The Balaban J connectivity index is 1.61. The first-order chi connectivity index (χ1) is 17.2. The number of nitrogens with zero attached hydrogens (tertiary/aromatic N) is 4. The molecule has 36 heavy (non-hydrogen) atoms. The molecular formula is C24H34N4O8. The van der Waals surface area contributed by atoms with Gasteiger partial charge in [0, 0.05) is 40.0 Å². The van der Waals surface area contributed by atoms with E-state index in [1.165, 1.54) is 31.8 Å². The highest BCUT2D eigenvalue weighted by Crippen LogP contribution is 2.22. The van der Waals surface area contributed by atoms with E-state index in [1.807, 2.05) is 0 Å². The predicted octanol–water partition coefficient (Wildman–Crippen LogP) is 1.29. The van der Waals surface area contributed by atoms with Crippen molar-refractivity contribution in [1.82, 2.24) is 19.6 Å². The number of likely N-dealkylation sites (N-methyl/N-ethyl adjacent to an activating group) is 2. The van der Waals surface area contributed by atoms with Crippen LogP contribution in [0.1, 0.15) is 51.4 Å². The van der Waals surface area contributed by atoms with Crippen LogP contribution < -0.4 is 0 Å². The average molecular weight is 507 g/mol. The van der Waals surface area contributed by atoms with E-state index in [4.69, 9.17) is 9.47 Å². The maximum Gasteiger partial charge on any atom is 0.327 e. The van der Waals surface area contributed by atoms with Crippen LogP contribution in [0.3, 0.4) is 0 Å². The molecule has 0 radical (unpaired) electrons. The standard InChI is InChI=1S/C24H34N4O8/c1-25-17-9-11-19(29)35-15-7-8-16-36-20(30)12-10-18-22(32)28(24(34)26(18)2)14-6-4-3-5-13-27(21(17)31)23(25)33/h7-8,17-18H,3-6,9-16H2,1-2H3/b8-7+/t17-,18-/m0/s1. The molecule has 4 bridgehead atoms. The lowest BCUT2D eigenvalue weighted by molar-refractivity contribution is -0.144. The second-order valence-corrected chi connectivity index (χ2v) is 9.13. The number of hydrogen-bond donors (Lipinski definition) is 0. The summed E-state index contributed by atoms with van der Waals surface area (Å²) in [4.78, 5) is 79.7. The highest BCUT2D eigenvalue weighted by atomic mass is 16.5. The van der Waals surface area contributed by atoms with Crippen LogP contribution in [0.15, 0.2) is 12.2 Å². The monoisotopic (exact) mass is 506 g/mol. The van der Waals surface area contributed by atoms with E-state index in [2.05, 4.69) is 0 Å². The molecular weight excluding hydrogens is 472 g/mol. The van der Waals surface area contributed by atoms with Crippen LogP contribution >= 0.6 is 0 Å². The van der Waals surface area contributed by atoms with Crippen LogP contribution in [0.2, 0.25) is 0 Å². The predicted molar refractivity (Wildman–Crippen MR) is 125 cm³/mol. The summed E-state index contributed by atoms with van der Waals surface area (Å²) in [5, 5.41) is 0. The highest BCUT2D eigenvalue weighted by Gasteiger charge is 2.43. The van der Waals surface area contributed by atoms with E-state index in [9.17, 15) is 28.8 Å². The van der Waals surface area contributed by atoms with Gasteiger partial charge in [-0.05, 0) is 37.8 Å². The first-order valence-electron chi connectivity index (χ1n) is 12.3. The SMILES string of the molecule is CN1C(=O)N2CCCCCCN3C(=O)[C@H](CCC(=O)OC/C=C/COC(=O)CC[C@H]1C2=O)N(C)C3=O. The summed E-state index contributed by atoms with van der Waals surface area (Å²) in [7, 11) is 3.09. The van der Waals surface area contributed by atoms with Gasteiger partial charge in [0.25, 0.3) is 11.8 Å². The molecule has 3 aliphatic heterocycles. The van der Waals surface area contributed by atoms with Gasteiger partial charge in [0.15, 0.2) is 0 Å². The molecule has 0 aromatic heterocycles. The van der Waals surface area contributed by atoms with Gasteiger partial charge in [-0.25, -0.2) is 9.59 Å². The number of amides is 6. The fraction of sp³-hybridized carbons (Fsp3) is 0.667. The first kappa shape index (κ1) is 27.2. The normalized spacial score (nSPS) is 27.2. The lowest BCUT2D eigenvalue weighted by Crippen LogP contribution is -2.33. The Morgan fingerprint density at radius 2 is 1.03 bits per heavy atom. The fourth-order valence-electron chi connectivity index (χ4n) is 4.54. The van der Waals surface area contributed by atoms with Gasteiger partial charge in [-0.3, -0.25) is 29.0 Å².